The summed E-state index contributed by atoms with van der Waals surface area (Å²) >= 11 is 0. The van der Waals surface area contributed by atoms with Gasteiger partial charge < -0.3 is 11.1 Å². The van der Waals surface area contributed by atoms with Crippen molar-refractivity contribution in [2.75, 3.05) is 11.1 Å². The standard InChI is InChI=1S/C17H23N3/c1-2-12-5-3-4-6-16(12)20-17-8-7-15(18)13-9-10-19-11-14(13)17/h7-12,16,20H,2-6,18H2,1H3. The highest BCUT2D eigenvalue weighted by atomic mass is 14.9. The Morgan fingerprint density at radius 2 is 2.05 bits per heavy atom. The number of rotatable bonds is 3. The number of anilines is 2. The molecule has 3 N–H and O–H groups in total. The molecule has 1 aromatic carbocycles. The highest BCUT2D eigenvalue weighted by Crippen LogP contribution is 2.33. The van der Waals surface area contributed by atoms with E-state index in [1.54, 1.807) is 6.20 Å². The van der Waals surface area contributed by atoms with Crippen molar-refractivity contribution >= 4 is 22.1 Å². The summed E-state index contributed by atoms with van der Waals surface area (Å²) < 4.78 is 0. The molecule has 2 atom stereocenters. The van der Waals surface area contributed by atoms with Gasteiger partial charge in [0.1, 0.15) is 0 Å². The second-order valence-corrected chi connectivity index (χ2v) is 5.83. The molecule has 1 heterocycles. The van der Waals surface area contributed by atoms with Crippen molar-refractivity contribution in [2.24, 2.45) is 5.92 Å². The lowest BCUT2D eigenvalue weighted by Crippen LogP contribution is -2.31. The number of fused-ring (bicyclic) bond motifs is 1. The summed E-state index contributed by atoms with van der Waals surface area (Å²) in [7, 11) is 0. The molecule has 0 spiro atoms. The maximum atomic E-state index is 6.06. The van der Waals surface area contributed by atoms with Gasteiger partial charge in [0.25, 0.3) is 0 Å². The quantitative estimate of drug-likeness (QED) is 0.821. The van der Waals surface area contributed by atoms with Crippen molar-refractivity contribution in [2.45, 2.75) is 45.1 Å². The Kier molecular flexibility index (Phi) is 3.77. The first-order valence-corrected chi connectivity index (χ1v) is 7.68. The van der Waals surface area contributed by atoms with E-state index in [0.717, 1.165) is 22.4 Å². The van der Waals surface area contributed by atoms with Crippen LogP contribution in [-0.4, -0.2) is 11.0 Å². The minimum atomic E-state index is 0.584. The fourth-order valence-corrected chi connectivity index (χ4v) is 3.43. The smallest absolute Gasteiger partial charge is 0.0439 e. The normalized spacial score (nSPS) is 22.9. The monoisotopic (exact) mass is 269 g/mol. The van der Waals surface area contributed by atoms with Crippen molar-refractivity contribution < 1.29 is 0 Å². The van der Waals surface area contributed by atoms with Crippen LogP contribution < -0.4 is 11.1 Å². The highest BCUT2D eigenvalue weighted by molar-refractivity contribution is 6.00. The summed E-state index contributed by atoms with van der Waals surface area (Å²) in [6, 6.07) is 6.67. The molecule has 3 heteroatoms. The van der Waals surface area contributed by atoms with Crippen LogP contribution in [0.25, 0.3) is 10.8 Å². The Morgan fingerprint density at radius 3 is 2.90 bits per heavy atom. The van der Waals surface area contributed by atoms with E-state index < -0.39 is 0 Å². The number of nitrogens with zero attached hydrogens (tertiary/aromatic N) is 1. The summed E-state index contributed by atoms with van der Waals surface area (Å²) in [4.78, 5) is 4.25. The molecule has 3 rings (SSSR count). The zero-order valence-corrected chi connectivity index (χ0v) is 12.1. The largest absolute Gasteiger partial charge is 0.398 e. The third-order valence-corrected chi connectivity index (χ3v) is 4.63. The summed E-state index contributed by atoms with van der Waals surface area (Å²) in [5.74, 6) is 0.785. The number of hydrogen-bond donors (Lipinski definition) is 2. The molecule has 3 nitrogen and oxygen atoms in total. The van der Waals surface area contributed by atoms with E-state index in [1.807, 2.05) is 18.3 Å². The van der Waals surface area contributed by atoms with Crippen molar-refractivity contribution in [3.05, 3.63) is 30.6 Å². The van der Waals surface area contributed by atoms with E-state index in [1.165, 1.54) is 37.8 Å². The van der Waals surface area contributed by atoms with Gasteiger partial charge in [0, 0.05) is 40.6 Å². The van der Waals surface area contributed by atoms with Gasteiger partial charge in [-0.05, 0) is 37.0 Å². The van der Waals surface area contributed by atoms with Crippen LogP contribution in [-0.2, 0) is 0 Å². The summed E-state index contributed by atoms with van der Waals surface area (Å²) in [5.41, 5.74) is 8.05. The van der Waals surface area contributed by atoms with Crippen LogP contribution in [0.5, 0.6) is 0 Å². The maximum Gasteiger partial charge on any atom is 0.0439 e. The molecule has 0 aliphatic heterocycles. The molecule has 106 valence electrons. The first kappa shape index (κ1) is 13.2. The second-order valence-electron chi connectivity index (χ2n) is 5.83. The minimum Gasteiger partial charge on any atom is -0.398 e. The number of nitrogens with two attached hydrogens (primary N) is 1. The highest BCUT2D eigenvalue weighted by Gasteiger charge is 2.23. The first-order chi connectivity index (χ1) is 9.79. The number of aromatic nitrogens is 1. The zero-order valence-electron chi connectivity index (χ0n) is 12.1. The zero-order chi connectivity index (χ0) is 13.9. The number of hydrogen-bond acceptors (Lipinski definition) is 3. The van der Waals surface area contributed by atoms with Crippen LogP contribution in [0.1, 0.15) is 39.0 Å². The van der Waals surface area contributed by atoms with Crippen LogP contribution in [0.3, 0.4) is 0 Å². The number of nitrogens with one attached hydrogen (secondary N) is 1. The molecule has 2 aromatic rings. The molecular formula is C17H23N3. The maximum absolute atomic E-state index is 6.06. The fraction of sp³-hybridized carbons (Fsp3) is 0.471. The molecule has 1 aromatic heterocycles. The van der Waals surface area contributed by atoms with Gasteiger partial charge in [0.2, 0.25) is 0 Å². The van der Waals surface area contributed by atoms with Gasteiger partial charge >= 0.3 is 0 Å². The lowest BCUT2D eigenvalue weighted by atomic mass is 9.82. The Labute approximate surface area is 120 Å². The fourth-order valence-electron chi connectivity index (χ4n) is 3.43. The van der Waals surface area contributed by atoms with E-state index in [9.17, 15) is 0 Å². The Balaban J connectivity index is 1.92. The van der Waals surface area contributed by atoms with E-state index in [4.69, 9.17) is 5.73 Å². The van der Waals surface area contributed by atoms with E-state index in [-0.39, 0.29) is 0 Å². The molecule has 2 unspecified atom stereocenters. The van der Waals surface area contributed by atoms with E-state index >= 15 is 0 Å². The van der Waals surface area contributed by atoms with Crippen molar-refractivity contribution in [3.63, 3.8) is 0 Å². The number of benzene rings is 1. The van der Waals surface area contributed by atoms with Gasteiger partial charge in [0.05, 0.1) is 0 Å². The first-order valence-electron chi connectivity index (χ1n) is 7.68. The molecule has 1 aliphatic rings. The molecule has 0 bridgehead atoms. The lowest BCUT2D eigenvalue weighted by molar-refractivity contribution is 0.317. The van der Waals surface area contributed by atoms with Gasteiger partial charge in [-0.1, -0.05) is 26.2 Å². The van der Waals surface area contributed by atoms with E-state index in [2.05, 4.69) is 23.3 Å². The minimum absolute atomic E-state index is 0.584. The van der Waals surface area contributed by atoms with Crippen LogP contribution in [0.2, 0.25) is 0 Å². The molecule has 0 saturated heterocycles. The summed E-state index contributed by atoms with van der Waals surface area (Å²) in [6.45, 7) is 2.30. The van der Waals surface area contributed by atoms with Crippen LogP contribution in [0, 0.1) is 5.92 Å². The third kappa shape index (κ3) is 2.45. The van der Waals surface area contributed by atoms with Crippen molar-refractivity contribution in [3.8, 4) is 0 Å². The average Bonchev–Trinajstić information content (AvgIpc) is 2.51. The number of pyridine rings is 1. The second kappa shape index (κ2) is 5.70. The summed E-state index contributed by atoms with van der Waals surface area (Å²) in [5, 5.41) is 5.98. The van der Waals surface area contributed by atoms with Crippen molar-refractivity contribution in [1.29, 1.82) is 0 Å². The van der Waals surface area contributed by atoms with Crippen molar-refractivity contribution in [1.82, 2.24) is 4.98 Å². The van der Waals surface area contributed by atoms with Gasteiger partial charge in [-0.25, -0.2) is 0 Å². The average molecular weight is 269 g/mol. The number of nitrogen functional groups attached to an aromatic ring is 1. The lowest BCUT2D eigenvalue weighted by Gasteiger charge is -2.32. The summed E-state index contributed by atoms with van der Waals surface area (Å²) in [6.07, 6.45) is 10.3. The van der Waals surface area contributed by atoms with Gasteiger partial charge in [-0.3, -0.25) is 4.98 Å². The van der Waals surface area contributed by atoms with Gasteiger partial charge in [0.15, 0.2) is 0 Å². The Morgan fingerprint density at radius 1 is 1.20 bits per heavy atom. The van der Waals surface area contributed by atoms with E-state index in [0.29, 0.717) is 6.04 Å². The molecular weight excluding hydrogens is 246 g/mol. The molecule has 0 amide bonds. The Bertz CT molecular complexity index is 594. The molecule has 20 heavy (non-hydrogen) atoms. The topological polar surface area (TPSA) is 50.9 Å². The Hall–Kier alpha value is -1.77. The molecule has 1 aliphatic carbocycles. The SMILES string of the molecule is CCC1CCCCC1Nc1ccc(N)c2ccncc12. The van der Waals surface area contributed by atoms with Gasteiger partial charge in [-0.15, -0.1) is 0 Å². The predicted octanol–water partition coefficient (Wildman–Crippen LogP) is 4.20. The van der Waals surface area contributed by atoms with Gasteiger partial charge in [-0.2, -0.15) is 0 Å². The molecule has 1 fully saturated rings. The van der Waals surface area contributed by atoms with Crippen LogP contribution in [0.15, 0.2) is 30.6 Å². The van der Waals surface area contributed by atoms with Crippen LogP contribution >= 0.6 is 0 Å². The third-order valence-electron chi connectivity index (χ3n) is 4.63. The van der Waals surface area contributed by atoms with Crippen LogP contribution in [0.4, 0.5) is 11.4 Å². The molecule has 0 radical (unpaired) electrons. The predicted molar refractivity (Wildman–Crippen MR) is 85.8 cm³/mol. The molecule has 1 saturated carbocycles.